The van der Waals surface area contributed by atoms with Crippen LogP contribution in [0.1, 0.15) is 30.6 Å². The number of ether oxygens (including phenoxy) is 1. The number of methoxy groups -OCH3 is 1. The molecule has 0 bridgehead atoms. The minimum absolute atomic E-state index is 0.208. The predicted octanol–water partition coefficient (Wildman–Crippen LogP) is 1.97. The summed E-state index contributed by atoms with van der Waals surface area (Å²) < 4.78 is 42.4. The molecule has 3 N–H and O–H groups in total. The van der Waals surface area contributed by atoms with E-state index in [1.165, 1.54) is 31.4 Å². The molecular formula is C17H21F3N2O5. The van der Waals surface area contributed by atoms with Crippen LogP contribution in [0.5, 0.6) is 5.75 Å². The maximum Gasteiger partial charge on any atom is 0.391 e. The minimum atomic E-state index is -4.77. The maximum atomic E-state index is 12.5. The van der Waals surface area contributed by atoms with Crippen molar-refractivity contribution in [3.8, 4) is 5.75 Å². The third-order valence-corrected chi connectivity index (χ3v) is 3.64. The molecule has 0 saturated carbocycles. The molecule has 7 nitrogen and oxygen atoms in total. The van der Waals surface area contributed by atoms with Crippen molar-refractivity contribution in [2.45, 2.75) is 38.5 Å². The summed E-state index contributed by atoms with van der Waals surface area (Å²) in [6.45, 7) is 3.14. The Morgan fingerprint density at radius 1 is 1.11 bits per heavy atom. The monoisotopic (exact) mass is 390 g/mol. The molecule has 0 fully saturated rings. The lowest BCUT2D eigenvalue weighted by molar-refractivity contribution is -0.160. The number of aliphatic carboxylic acids is 1. The summed E-state index contributed by atoms with van der Waals surface area (Å²) in [4.78, 5) is 35.6. The van der Waals surface area contributed by atoms with Crippen LogP contribution in [0, 0.1) is 5.92 Å². The van der Waals surface area contributed by atoms with Gasteiger partial charge in [0.25, 0.3) is 5.91 Å². The van der Waals surface area contributed by atoms with Gasteiger partial charge in [0.05, 0.1) is 13.5 Å². The van der Waals surface area contributed by atoms with E-state index in [0.29, 0.717) is 5.75 Å². The summed E-state index contributed by atoms with van der Waals surface area (Å²) in [5.74, 6) is -3.43. The number of carboxylic acid groups (broad SMARTS) is 1. The summed E-state index contributed by atoms with van der Waals surface area (Å²) in [6, 6.07) is 2.61. The number of nitrogens with one attached hydrogen (secondary N) is 2. The summed E-state index contributed by atoms with van der Waals surface area (Å²) in [7, 11) is 1.45. The van der Waals surface area contributed by atoms with Gasteiger partial charge in [-0.3, -0.25) is 9.59 Å². The second kappa shape index (κ2) is 9.24. The zero-order chi connectivity index (χ0) is 20.8. The summed E-state index contributed by atoms with van der Waals surface area (Å²) in [6.07, 6.45) is -6.48. The molecular weight excluding hydrogens is 369 g/mol. The van der Waals surface area contributed by atoms with Gasteiger partial charge in [-0.25, -0.2) is 4.79 Å². The quantitative estimate of drug-likeness (QED) is 0.630. The molecule has 27 heavy (non-hydrogen) atoms. The van der Waals surface area contributed by atoms with Crippen LogP contribution in [-0.2, 0) is 9.59 Å². The van der Waals surface area contributed by atoms with Crippen molar-refractivity contribution in [3.63, 3.8) is 0 Å². The van der Waals surface area contributed by atoms with E-state index in [2.05, 4.69) is 5.32 Å². The van der Waals surface area contributed by atoms with Crippen molar-refractivity contribution in [1.82, 2.24) is 10.6 Å². The average Bonchev–Trinajstić information content (AvgIpc) is 2.57. The van der Waals surface area contributed by atoms with Crippen LogP contribution >= 0.6 is 0 Å². The number of hydrogen-bond donors (Lipinski definition) is 3. The third kappa shape index (κ3) is 7.16. The van der Waals surface area contributed by atoms with Crippen molar-refractivity contribution in [1.29, 1.82) is 0 Å². The number of alkyl halides is 3. The summed E-state index contributed by atoms with van der Waals surface area (Å²) >= 11 is 0. The number of rotatable bonds is 8. The van der Waals surface area contributed by atoms with E-state index in [9.17, 15) is 27.6 Å². The number of halogens is 3. The molecule has 1 aromatic carbocycles. The number of hydrogen-bond acceptors (Lipinski definition) is 4. The van der Waals surface area contributed by atoms with Gasteiger partial charge in [0.15, 0.2) is 0 Å². The lowest BCUT2D eigenvalue weighted by Gasteiger charge is -2.24. The van der Waals surface area contributed by atoms with Crippen LogP contribution in [0.2, 0.25) is 0 Å². The molecule has 10 heteroatoms. The SMILES string of the molecule is COc1ccc(C(=O)NC(C(=O)NC(CC(F)(F)F)C(=O)O)C(C)C)cc1. The van der Waals surface area contributed by atoms with Gasteiger partial charge in [0, 0.05) is 5.56 Å². The smallest absolute Gasteiger partial charge is 0.391 e. The standard InChI is InChI=1S/C17H21F3N2O5/c1-9(2)13(15(24)21-12(16(25)26)8-17(18,19)20)22-14(23)10-4-6-11(27-3)7-5-10/h4-7,9,12-13H,8H2,1-3H3,(H,21,24)(H,22,23)(H,25,26). The zero-order valence-corrected chi connectivity index (χ0v) is 15.0. The second-order valence-electron chi connectivity index (χ2n) is 6.14. The average molecular weight is 390 g/mol. The highest BCUT2D eigenvalue weighted by atomic mass is 19.4. The van der Waals surface area contributed by atoms with E-state index < -0.39 is 48.4 Å². The number of carboxylic acids is 1. The van der Waals surface area contributed by atoms with Crippen molar-refractivity contribution in [2.75, 3.05) is 7.11 Å². The van der Waals surface area contributed by atoms with Gasteiger partial charge in [-0.15, -0.1) is 0 Å². The van der Waals surface area contributed by atoms with Gasteiger partial charge in [0.2, 0.25) is 5.91 Å². The number of carbonyl (C=O) groups excluding carboxylic acids is 2. The minimum Gasteiger partial charge on any atom is -0.497 e. The summed E-state index contributed by atoms with van der Waals surface area (Å²) in [5, 5.41) is 13.1. The van der Waals surface area contributed by atoms with E-state index >= 15 is 0 Å². The molecule has 1 rings (SSSR count). The first-order chi connectivity index (χ1) is 12.4. The van der Waals surface area contributed by atoms with Crippen molar-refractivity contribution in [2.24, 2.45) is 5.92 Å². The Morgan fingerprint density at radius 3 is 2.07 bits per heavy atom. The molecule has 0 aliphatic carbocycles. The Balaban J connectivity index is 2.87. The molecule has 2 unspecified atom stereocenters. The molecule has 150 valence electrons. The van der Waals surface area contributed by atoms with Gasteiger partial charge in [0.1, 0.15) is 17.8 Å². The van der Waals surface area contributed by atoms with E-state index in [1.807, 2.05) is 5.32 Å². The van der Waals surface area contributed by atoms with Gasteiger partial charge < -0.3 is 20.5 Å². The van der Waals surface area contributed by atoms with E-state index in [4.69, 9.17) is 9.84 Å². The van der Waals surface area contributed by atoms with Gasteiger partial charge in [-0.1, -0.05) is 13.8 Å². The molecule has 1 aromatic rings. The van der Waals surface area contributed by atoms with E-state index in [0.717, 1.165) is 0 Å². The fraction of sp³-hybridized carbons (Fsp3) is 0.471. The van der Waals surface area contributed by atoms with Crippen molar-refractivity contribution in [3.05, 3.63) is 29.8 Å². The molecule has 0 aromatic heterocycles. The van der Waals surface area contributed by atoms with Gasteiger partial charge >= 0.3 is 12.1 Å². The second-order valence-corrected chi connectivity index (χ2v) is 6.14. The molecule has 2 atom stereocenters. The van der Waals surface area contributed by atoms with E-state index in [1.54, 1.807) is 13.8 Å². The molecule has 0 spiro atoms. The highest BCUT2D eigenvalue weighted by Gasteiger charge is 2.37. The molecule has 0 aliphatic heterocycles. The number of carbonyl (C=O) groups is 3. The van der Waals surface area contributed by atoms with E-state index in [-0.39, 0.29) is 5.56 Å². The fourth-order valence-electron chi connectivity index (χ4n) is 2.19. The molecule has 0 saturated heterocycles. The first-order valence-corrected chi connectivity index (χ1v) is 7.99. The lowest BCUT2D eigenvalue weighted by Crippen LogP contribution is -2.54. The molecule has 0 aliphatic rings. The Labute approximate surface area is 153 Å². The lowest BCUT2D eigenvalue weighted by atomic mass is 10.0. The zero-order valence-electron chi connectivity index (χ0n) is 15.0. The van der Waals surface area contributed by atoms with Crippen LogP contribution in [0.25, 0.3) is 0 Å². The third-order valence-electron chi connectivity index (χ3n) is 3.64. The Hall–Kier alpha value is -2.78. The van der Waals surface area contributed by atoms with Crippen LogP contribution in [0.15, 0.2) is 24.3 Å². The maximum absolute atomic E-state index is 12.5. The predicted molar refractivity (Wildman–Crippen MR) is 89.3 cm³/mol. The van der Waals surface area contributed by atoms with Crippen LogP contribution in [0.4, 0.5) is 13.2 Å². The largest absolute Gasteiger partial charge is 0.497 e. The molecule has 0 heterocycles. The highest BCUT2D eigenvalue weighted by molar-refractivity contribution is 5.98. The normalized spacial score (nSPS) is 13.6. The van der Waals surface area contributed by atoms with Gasteiger partial charge in [-0.2, -0.15) is 13.2 Å². The topological polar surface area (TPSA) is 105 Å². The Morgan fingerprint density at radius 2 is 1.67 bits per heavy atom. The first-order valence-electron chi connectivity index (χ1n) is 7.99. The van der Waals surface area contributed by atoms with Crippen molar-refractivity contribution >= 4 is 17.8 Å². The van der Waals surface area contributed by atoms with Crippen LogP contribution in [-0.4, -0.2) is 48.3 Å². The Kier molecular flexibility index (Phi) is 7.62. The highest BCUT2D eigenvalue weighted by Crippen LogP contribution is 2.22. The van der Waals surface area contributed by atoms with Crippen molar-refractivity contribution < 1.29 is 37.4 Å². The summed E-state index contributed by atoms with van der Waals surface area (Å²) in [5.41, 5.74) is 0.208. The van der Waals surface area contributed by atoms with Gasteiger partial charge in [-0.05, 0) is 30.2 Å². The van der Waals surface area contributed by atoms with Crippen LogP contribution < -0.4 is 15.4 Å². The first kappa shape index (κ1) is 22.3. The molecule has 0 radical (unpaired) electrons. The Bertz CT molecular complexity index is 674. The fourth-order valence-corrected chi connectivity index (χ4v) is 2.19. The molecule has 2 amide bonds. The number of amides is 2. The number of benzene rings is 1. The van der Waals surface area contributed by atoms with Crippen LogP contribution in [0.3, 0.4) is 0 Å².